The van der Waals surface area contributed by atoms with E-state index in [1.54, 1.807) is 10.8 Å². The minimum Gasteiger partial charge on any atom is -0.464 e. The largest absolute Gasteiger partial charge is 0.464 e. The van der Waals surface area contributed by atoms with E-state index >= 15 is 0 Å². The third-order valence-corrected chi connectivity index (χ3v) is 4.68. The molecular formula is C19H22N4O2. The lowest BCUT2D eigenvalue weighted by Gasteiger charge is -2.34. The van der Waals surface area contributed by atoms with Crippen LogP contribution in [-0.4, -0.2) is 30.7 Å². The molecule has 0 saturated carbocycles. The van der Waals surface area contributed by atoms with Gasteiger partial charge in [0.2, 0.25) is 0 Å². The minimum atomic E-state index is -0.555. The molecule has 3 rings (SSSR count). The van der Waals surface area contributed by atoms with Crippen LogP contribution in [0.1, 0.15) is 35.8 Å². The lowest BCUT2D eigenvalue weighted by molar-refractivity contribution is 0.0593. The molecule has 1 aromatic carbocycles. The average molecular weight is 338 g/mol. The molecule has 0 spiro atoms. The van der Waals surface area contributed by atoms with Gasteiger partial charge in [-0.25, -0.2) is 4.79 Å². The molecule has 1 aromatic heterocycles. The zero-order chi connectivity index (χ0) is 18.0. The number of para-hydroxylation sites is 2. The number of anilines is 2. The molecule has 1 fully saturated rings. The van der Waals surface area contributed by atoms with Crippen LogP contribution in [0, 0.1) is 17.2 Å². The summed E-state index contributed by atoms with van der Waals surface area (Å²) in [5, 5.41) is 9.30. The van der Waals surface area contributed by atoms with Crippen molar-refractivity contribution >= 4 is 17.3 Å². The standard InChI is InChI=1S/C19H22N4O2/c1-13-6-5-9-22(11-13)15-7-3-4-8-16(15)23-12-14(10-20)17(21)18(23)19(24)25-2/h3-4,7-8,12-13H,5-6,9,11,21H2,1-2H3. The molecule has 2 N–H and O–H groups in total. The predicted molar refractivity (Wildman–Crippen MR) is 96.8 cm³/mol. The molecule has 130 valence electrons. The number of nitrogens with two attached hydrogens (primary N) is 1. The molecular weight excluding hydrogens is 316 g/mol. The maximum absolute atomic E-state index is 12.3. The predicted octanol–water partition coefficient (Wildman–Crippen LogP) is 2.95. The number of aromatic nitrogens is 1. The highest BCUT2D eigenvalue weighted by atomic mass is 16.5. The normalized spacial score (nSPS) is 17.2. The summed E-state index contributed by atoms with van der Waals surface area (Å²) < 4.78 is 6.55. The number of nitrogen functional groups attached to an aromatic ring is 1. The van der Waals surface area contributed by atoms with Gasteiger partial charge in [-0.15, -0.1) is 0 Å². The minimum absolute atomic E-state index is 0.149. The molecule has 0 bridgehead atoms. The van der Waals surface area contributed by atoms with Gasteiger partial charge in [-0.3, -0.25) is 0 Å². The summed E-state index contributed by atoms with van der Waals surface area (Å²) in [5.41, 5.74) is 8.48. The quantitative estimate of drug-likeness (QED) is 0.870. The van der Waals surface area contributed by atoms with Crippen LogP contribution in [0.3, 0.4) is 0 Å². The van der Waals surface area contributed by atoms with Crippen molar-refractivity contribution in [3.63, 3.8) is 0 Å². The van der Waals surface area contributed by atoms with Gasteiger partial charge in [0, 0.05) is 19.3 Å². The molecule has 0 amide bonds. The Balaban J connectivity index is 2.15. The number of nitriles is 1. The van der Waals surface area contributed by atoms with E-state index in [9.17, 15) is 10.1 Å². The van der Waals surface area contributed by atoms with Crippen molar-refractivity contribution in [1.29, 1.82) is 5.26 Å². The van der Waals surface area contributed by atoms with E-state index < -0.39 is 5.97 Å². The monoisotopic (exact) mass is 338 g/mol. The average Bonchev–Trinajstić information content (AvgIpc) is 2.97. The smallest absolute Gasteiger partial charge is 0.357 e. The Bertz CT molecular complexity index is 834. The number of piperidine rings is 1. The second kappa shape index (κ2) is 6.89. The topological polar surface area (TPSA) is 84.3 Å². The summed E-state index contributed by atoms with van der Waals surface area (Å²) in [6, 6.07) is 9.91. The number of hydrogen-bond donors (Lipinski definition) is 1. The number of nitrogens with zero attached hydrogens (tertiary/aromatic N) is 3. The Morgan fingerprint density at radius 1 is 1.36 bits per heavy atom. The molecule has 2 aromatic rings. The molecule has 0 aliphatic carbocycles. The Morgan fingerprint density at radius 3 is 2.72 bits per heavy atom. The number of rotatable bonds is 3. The maximum Gasteiger partial charge on any atom is 0.357 e. The van der Waals surface area contributed by atoms with Gasteiger partial charge in [0.1, 0.15) is 6.07 Å². The lowest BCUT2D eigenvalue weighted by Crippen LogP contribution is -2.35. The zero-order valence-corrected chi connectivity index (χ0v) is 14.5. The van der Waals surface area contributed by atoms with Gasteiger partial charge in [0.05, 0.1) is 29.7 Å². The third kappa shape index (κ3) is 3.05. The van der Waals surface area contributed by atoms with Crippen LogP contribution in [0.5, 0.6) is 0 Å². The highest BCUT2D eigenvalue weighted by Crippen LogP contribution is 2.32. The van der Waals surface area contributed by atoms with Gasteiger partial charge in [-0.2, -0.15) is 5.26 Å². The fourth-order valence-corrected chi connectivity index (χ4v) is 3.45. The first-order valence-corrected chi connectivity index (χ1v) is 8.40. The summed E-state index contributed by atoms with van der Waals surface area (Å²) >= 11 is 0. The van der Waals surface area contributed by atoms with Gasteiger partial charge in [0.25, 0.3) is 0 Å². The molecule has 1 aliphatic heterocycles. The fraction of sp³-hybridized carbons (Fsp3) is 0.368. The van der Waals surface area contributed by atoms with Crippen molar-refractivity contribution in [3.8, 4) is 11.8 Å². The Morgan fingerprint density at radius 2 is 2.08 bits per heavy atom. The van der Waals surface area contributed by atoms with Crippen molar-refractivity contribution in [1.82, 2.24) is 4.57 Å². The van der Waals surface area contributed by atoms with Crippen molar-refractivity contribution in [2.24, 2.45) is 5.92 Å². The van der Waals surface area contributed by atoms with E-state index in [0.717, 1.165) is 30.9 Å². The summed E-state index contributed by atoms with van der Waals surface area (Å²) in [4.78, 5) is 14.6. The van der Waals surface area contributed by atoms with E-state index in [1.165, 1.54) is 13.5 Å². The molecule has 6 nitrogen and oxygen atoms in total. The third-order valence-electron chi connectivity index (χ3n) is 4.68. The van der Waals surface area contributed by atoms with Crippen LogP contribution in [0.2, 0.25) is 0 Å². The van der Waals surface area contributed by atoms with Gasteiger partial charge in [-0.1, -0.05) is 19.1 Å². The van der Waals surface area contributed by atoms with Crippen molar-refractivity contribution in [2.75, 3.05) is 30.8 Å². The number of esters is 1. The zero-order valence-electron chi connectivity index (χ0n) is 14.5. The molecule has 6 heteroatoms. The van der Waals surface area contributed by atoms with Gasteiger partial charge in [0.15, 0.2) is 5.69 Å². The fourth-order valence-electron chi connectivity index (χ4n) is 3.45. The summed E-state index contributed by atoms with van der Waals surface area (Å²) in [7, 11) is 1.31. The molecule has 25 heavy (non-hydrogen) atoms. The number of carbonyl (C=O) groups is 1. The molecule has 1 aliphatic rings. The first-order chi connectivity index (χ1) is 12.1. The number of methoxy groups -OCH3 is 1. The first kappa shape index (κ1) is 16.9. The molecule has 0 radical (unpaired) electrons. The van der Waals surface area contributed by atoms with E-state index in [4.69, 9.17) is 10.5 Å². The Kier molecular flexibility index (Phi) is 4.66. The summed E-state index contributed by atoms with van der Waals surface area (Å²) in [5.74, 6) is 0.0621. The van der Waals surface area contributed by atoms with Crippen molar-refractivity contribution in [3.05, 3.63) is 41.7 Å². The Hall–Kier alpha value is -2.94. The van der Waals surface area contributed by atoms with Crippen molar-refractivity contribution < 1.29 is 9.53 Å². The van der Waals surface area contributed by atoms with Crippen LogP contribution in [0.15, 0.2) is 30.5 Å². The maximum atomic E-state index is 12.3. The summed E-state index contributed by atoms with van der Waals surface area (Å²) in [6.45, 7) is 4.18. The van der Waals surface area contributed by atoms with Crippen LogP contribution in [0.4, 0.5) is 11.4 Å². The van der Waals surface area contributed by atoms with E-state index in [0.29, 0.717) is 5.92 Å². The van der Waals surface area contributed by atoms with Crippen LogP contribution in [-0.2, 0) is 4.74 Å². The van der Waals surface area contributed by atoms with Crippen LogP contribution >= 0.6 is 0 Å². The van der Waals surface area contributed by atoms with Crippen molar-refractivity contribution in [2.45, 2.75) is 19.8 Å². The highest BCUT2D eigenvalue weighted by Gasteiger charge is 2.25. The molecule has 2 heterocycles. The molecule has 1 saturated heterocycles. The lowest BCUT2D eigenvalue weighted by atomic mass is 9.99. The van der Waals surface area contributed by atoms with Crippen LogP contribution in [0.25, 0.3) is 5.69 Å². The second-order valence-corrected chi connectivity index (χ2v) is 6.46. The van der Waals surface area contributed by atoms with E-state index in [2.05, 4.69) is 11.8 Å². The first-order valence-electron chi connectivity index (χ1n) is 8.40. The number of ether oxygens (including phenoxy) is 1. The van der Waals surface area contributed by atoms with E-state index in [1.807, 2.05) is 30.3 Å². The van der Waals surface area contributed by atoms with Crippen LogP contribution < -0.4 is 10.6 Å². The van der Waals surface area contributed by atoms with Gasteiger partial charge in [-0.05, 0) is 30.9 Å². The summed E-state index contributed by atoms with van der Waals surface area (Å²) in [6.07, 6.45) is 3.96. The molecule has 1 atom stereocenters. The van der Waals surface area contributed by atoms with Gasteiger partial charge < -0.3 is 19.9 Å². The number of hydrogen-bond acceptors (Lipinski definition) is 5. The number of carbonyl (C=O) groups excluding carboxylic acids is 1. The van der Waals surface area contributed by atoms with E-state index in [-0.39, 0.29) is 16.9 Å². The SMILES string of the molecule is COC(=O)c1c(N)c(C#N)cn1-c1ccccc1N1CCCC(C)C1. The number of benzene rings is 1. The molecule has 1 unspecified atom stereocenters. The highest BCUT2D eigenvalue weighted by molar-refractivity contribution is 5.96. The Labute approximate surface area is 147 Å². The van der Waals surface area contributed by atoms with Gasteiger partial charge >= 0.3 is 5.97 Å². The second-order valence-electron chi connectivity index (χ2n) is 6.46.